The number of carbonyl (C=O) groups is 1. The fraction of sp³-hybridized carbons (Fsp3) is 0.324. The van der Waals surface area contributed by atoms with Crippen molar-refractivity contribution in [1.82, 2.24) is 30.5 Å². The maximum Gasteiger partial charge on any atom is 0.249 e. The number of hydrogen-bond donors (Lipinski definition) is 2. The minimum absolute atomic E-state index is 0. The lowest BCUT2D eigenvalue weighted by atomic mass is 10.0. The molecule has 5 aromatic rings. The lowest BCUT2D eigenvalue weighted by Crippen LogP contribution is -2.36. The number of nitrogens with two attached hydrogens (primary N) is 1. The van der Waals surface area contributed by atoms with Gasteiger partial charge in [0.2, 0.25) is 29.3 Å². The lowest BCUT2D eigenvalue weighted by Gasteiger charge is -2.23. The van der Waals surface area contributed by atoms with Gasteiger partial charge in [-0.05, 0) is 74.5 Å². The van der Waals surface area contributed by atoms with Gasteiger partial charge in [0.15, 0.2) is 0 Å². The van der Waals surface area contributed by atoms with E-state index < -0.39 is 6.04 Å². The van der Waals surface area contributed by atoms with E-state index in [-0.39, 0.29) is 78.9 Å². The van der Waals surface area contributed by atoms with E-state index in [0.717, 1.165) is 25.8 Å². The van der Waals surface area contributed by atoms with E-state index in [4.69, 9.17) is 14.8 Å². The SMILES string of the molecule is Cl.Cl.Fc1cccc(-c2noc([C@H]3CCCN3)n2)c1.N[C@@H](CC(=O)N1CCC[C@@H]1c1nc(-c2cccc(F)c2)no1)Cc1ccccc1F. The van der Waals surface area contributed by atoms with Crippen molar-refractivity contribution in [2.24, 2.45) is 5.73 Å². The highest BCUT2D eigenvalue weighted by atomic mass is 35.5. The number of carbonyl (C=O) groups excluding carboxylic acids is 1. The standard InChI is InChI=1S/C22H22F2N4O2.C12H12FN3O.2ClH/c23-16-7-3-6-15(11-16)21-26-22(30-27-21)19-9-4-10-28(19)20(29)13-17(25)12-14-5-1-2-8-18(14)24;13-9-4-1-3-8(7-9)11-15-12(17-16-11)10-5-2-6-14-10;;/h1-3,5-8,11,17,19H,4,9-10,12-13,25H2;1,3-4,7,10,14H,2,5-6H2;2*1H/t17-,19-;10-;;/m11../s1. The summed E-state index contributed by atoms with van der Waals surface area (Å²) in [5, 5.41) is 11.1. The zero-order chi connectivity index (χ0) is 32.8. The van der Waals surface area contributed by atoms with Crippen LogP contribution in [0.25, 0.3) is 22.8 Å². The van der Waals surface area contributed by atoms with Crippen molar-refractivity contribution >= 4 is 30.7 Å². The van der Waals surface area contributed by atoms with E-state index >= 15 is 0 Å². The Morgan fingerprint density at radius 1 is 0.857 bits per heavy atom. The fourth-order valence-corrected chi connectivity index (χ4v) is 5.81. The predicted octanol–water partition coefficient (Wildman–Crippen LogP) is 6.78. The number of nitrogens with zero attached hydrogens (tertiary/aromatic N) is 5. The first-order chi connectivity index (χ1) is 22.8. The first-order valence-electron chi connectivity index (χ1n) is 15.5. The van der Waals surface area contributed by atoms with Gasteiger partial charge in [-0.25, -0.2) is 13.2 Å². The summed E-state index contributed by atoms with van der Waals surface area (Å²) in [5.41, 5.74) is 7.76. The van der Waals surface area contributed by atoms with Crippen LogP contribution in [-0.4, -0.2) is 50.2 Å². The largest absolute Gasteiger partial charge is 0.337 e. The summed E-state index contributed by atoms with van der Waals surface area (Å²) in [5.74, 6) is 0.480. The van der Waals surface area contributed by atoms with Crippen LogP contribution < -0.4 is 11.1 Å². The molecule has 260 valence electrons. The summed E-state index contributed by atoms with van der Waals surface area (Å²) in [6.45, 7) is 1.54. The van der Waals surface area contributed by atoms with Crippen molar-refractivity contribution in [2.45, 2.75) is 56.7 Å². The number of halogens is 5. The highest BCUT2D eigenvalue weighted by Gasteiger charge is 2.34. The van der Waals surface area contributed by atoms with Crippen molar-refractivity contribution in [3.63, 3.8) is 0 Å². The molecule has 2 aliphatic rings. The molecule has 1 amide bonds. The van der Waals surface area contributed by atoms with Gasteiger partial charge in [0.25, 0.3) is 0 Å². The van der Waals surface area contributed by atoms with Gasteiger partial charge >= 0.3 is 0 Å². The zero-order valence-electron chi connectivity index (χ0n) is 26.3. The molecule has 0 saturated carbocycles. The summed E-state index contributed by atoms with van der Waals surface area (Å²) < 4.78 is 50.9. The quantitative estimate of drug-likeness (QED) is 0.178. The Morgan fingerprint density at radius 3 is 2.10 bits per heavy atom. The second kappa shape index (κ2) is 17.4. The summed E-state index contributed by atoms with van der Waals surface area (Å²) in [6, 6.07) is 17.8. The maximum absolute atomic E-state index is 13.8. The first-order valence-corrected chi connectivity index (χ1v) is 15.5. The topological polar surface area (TPSA) is 136 Å². The second-order valence-corrected chi connectivity index (χ2v) is 11.6. The average molecular weight is 719 g/mol. The molecular formula is C34H36Cl2F3N7O3. The van der Waals surface area contributed by atoms with Crippen LogP contribution in [0.5, 0.6) is 0 Å². The molecule has 15 heteroatoms. The molecule has 0 bridgehead atoms. The molecule has 2 aromatic heterocycles. The summed E-state index contributed by atoms with van der Waals surface area (Å²) in [7, 11) is 0. The Kier molecular flexibility index (Phi) is 13.3. The number of hydrogen-bond acceptors (Lipinski definition) is 9. The molecule has 49 heavy (non-hydrogen) atoms. The Labute approximate surface area is 293 Å². The summed E-state index contributed by atoms with van der Waals surface area (Å²) in [6.07, 6.45) is 3.99. The molecule has 3 N–H and O–H groups in total. The molecule has 2 saturated heterocycles. The van der Waals surface area contributed by atoms with Crippen molar-refractivity contribution in [2.75, 3.05) is 13.1 Å². The van der Waals surface area contributed by atoms with Gasteiger partial charge < -0.3 is 25.0 Å². The van der Waals surface area contributed by atoms with Gasteiger partial charge in [-0.15, -0.1) is 24.8 Å². The lowest BCUT2D eigenvalue weighted by molar-refractivity contribution is -0.132. The molecule has 0 unspecified atom stereocenters. The molecule has 0 radical (unpaired) electrons. The van der Waals surface area contributed by atoms with Crippen LogP contribution in [0.2, 0.25) is 0 Å². The van der Waals surface area contributed by atoms with E-state index in [9.17, 15) is 18.0 Å². The number of aromatic nitrogens is 4. The smallest absolute Gasteiger partial charge is 0.249 e. The Balaban J connectivity index is 0.000000242. The number of amides is 1. The van der Waals surface area contributed by atoms with Crippen molar-refractivity contribution in [3.05, 3.63) is 108 Å². The third kappa shape index (κ3) is 9.44. The molecule has 2 fully saturated rings. The zero-order valence-corrected chi connectivity index (χ0v) is 27.9. The summed E-state index contributed by atoms with van der Waals surface area (Å²) >= 11 is 0. The first kappa shape index (κ1) is 37.5. The van der Waals surface area contributed by atoms with E-state index in [1.165, 1.54) is 30.3 Å². The van der Waals surface area contributed by atoms with E-state index in [0.29, 0.717) is 47.3 Å². The second-order valence-electron chi connectivity index (χ2n) is 11.6. The minimum atomic E-state index is -0.499. The Bertz CT molecular complexity index is 1820. The average Bonchev–Trinajstić information content (AvgIpc) is 3.89. The fourth-order valence-electron chi connectivity index (χ4n) is 5.81. The predicted molar refractivity (Wildman–Crippen MR) is 180 cm³/mol. The van der Waals surface area contributed by atoms with Crippen LogP contribution in [0.3, 0.4) is 0 Å². The van der Waals surface area contributed by atoms with Gasteiger partial charge in [0.1, 0.15) is 23.5 Å². The highest BCUT2D eigenvalue weighted by Crippen LogP contribution is 2.33. The Hall–Kier alpha value is -4.30. The molecule has 3 atom stereocenters. The van der Waals surface area contributed by atoms with E-state index in [2.05, 4.69) is 25.6 Å². The molecule has 10 nitrogen and oxygen atoms in total. The van der Waals surface area contributed by atoms with Crippen molar-refractivity contribution < 1.29 is 27.0 Å². The van der Waals surface area contributed by atoms with Crippen LogP contribution in [0.1, 0.15) is 61.5 Å². The van der Waals surface area contributed by atoms with Gasteiger partial charge in [-0.3, -0.25) is 4.79 Å². The van der Waals surface area contributed by atoms with Gasteiger partial charge in [0, 0.05) is 30.1 Å². The third-order valence-corrected chi connectivity index (χ3v) is 8.14. The summed E-state index contributed by atoms with van der Waals surface area (Å²) in [4.78, 5) is 23.2. The normalized spacial score (nSPS) is 17.4. The van der Waals surface area contributed by atoms with Crippen molar-refractivity contribution in [1.29, 1.82) is 0 Å². The molecular weight excluding hydrogens is 682 g/mol. The van der Waals surface area contributed by atoms with Crippen LogP contribution in [-0.2, 0) is 11.2 Å². The molecule has 0 spiro atoms. The third-order valence-electron chi connectivity index (χ3n) is 8.14. The van der Waals surface area contributed by atoms with Crippen LogP contribution in [0.4, 0.5) is 13.2 Å². The minimum Gasteiger partial charge on any atom is -0.337 e. The molecule has 2 aliphatic heterocycles. The van der Waals surface area contributed by atoms with Gasteiger partial charge in [0.05, 0.1) is 6.04 Å². The number of rotatable bonds is 8. The molecule has 0 aliphatic carbocycles. The van der Waals surface area contributed by atoms with E-state index in [1.807, 2.05) is 0 Å². The van der Waals surface area contributed by atoms with Crippen LogP contribution in [0.15, 0.2) is 81.8 Å². The molecule has 4 heterocycles. The maximum atomic E-state index is 13.8. The van der Waals surface area contributed by atoms with Crippen LogP contribution in [0, 0.1) is 17.5 Å². The molecule has 3 aromatic carbocycles. The van der Waals surface area contributed by atoms with Crippen molar-refractivity contribution in [3.8, 4) is 22.8 Å². The van der Waals surface area contributed by atoms with Gasteiger partial charge in [-0.2, -0.15) is 9.97 Å². The van der Waals surface area contributed by atoms with Gasteiger partial charge in [-0.1, -0.05) is 52.8 Å². The number of benzene rings is 3. The molecule has 7 rings (SSSR count). The Morgan fingerprint density at radius 2 is 1.49 bits per heavy atom. The number of nitrogens with one attached hydrogen (secondary N) is 1. The highest BCUT2D eigenvalue weighted by molar-refractivity contribution is 5.85. The van der Waals surface area contributed by atoms with Crippen LogP contribution >= 0.6 is 24.8 Å². The van der Waals surface area contributed by atoms with E-state index in [1.54, 1.807) is 47.4 Å². The monoisotopic (exact) mass is 717 g/mol. The number of likely N-dealkylation sites (tertiary alicyclic amines) is 1.